The highest BCUT2D eigenvalue weighted by Crippen LogP contribution is 2.35. The molecule has 104 valence electrons. The fraction of sp³-hybridized carbons (Fsp3) is 0.688. The average molecular weight is 259 g/mol. The van der Waals surface area contributed by atoms with Crippen LogP contribution in [0.3, 0.4) is 0 Å². The SMILES string of the molecule is Cc1cncc(CN2CCNCC23CCCCC3)c1. The van der Waals surface area contributed by atoms with Gasteiger partial charge in [0.1, 0.15) is 0 Å². The van der Waals surface area contributed by atoms with Crippen molar-refractivity contribution < 1.29 is 0 Å². The minimum Gasteiger partial charge on any atom is -0.314 e. The van der Waals surface area contributed by atoms with Gasteiger partial charge in [0, 0.05) is 44.1 Å². The maximum Gasteiger partial charge on any atom is 0.0338 e. The summed E-state index contributed by atoms with van der Waals surface area (Å²) in [6, 6.07) is 2.28. The first kappa shape index (κ1) is 13.1. The molecular formula is C16H25N3. The molecule has 0 aromatic carbocycles. The maximum absolute atomic E-state index is 4.34. The van der Waals surface area contributed by atoms with E-state index in [9.17, 15) is 0 Å². The highest BCUT2D eigenvalue weighted by molar-refractivity contribution is 5.17. The van der Waals surface area contributed by atoms with Crippen molar-refractivity contribution in [3.63, 3.8) is 0 Å². The van der Waals surface area contributed by atoms with Crippen LogP contribution in [0.15, 0.2) is 18.5 Å². The molecule has 1 spiro atoms. The van der Waals surface area contributed by atoms with Gasteiger partial charge in [-0.25, -0.2) is 0 Å². The first-order valence-corrected chi connectivity index (χ1v) is 7.65. The zero-order valence-corrected chi connectivity index (χ0v) is 12.0. The van der Waals surface area contributed by atoms with Crippen molar-refractivity contribution in [1.82, 2.24) is 15.2 Å². The standard InChI is InChI=1S/C16H25N3/c1-14-9-15(11-18-10-14)12-19-8-7-17-13-16(19)5-3-2-4-6-16/h9-11,17H,2-8,12-13H2,1H3. The second kappa shape index (κ2) is 5.59. The van der Waals surface area contributed by atoms with E-state index in [2.05, 4.69) is 28.2 Å². The predicted octanol–water partition coefficient (Wildman–Crippen LogP) is 2.50. The Morgan fingerprint density at radius 3 is 2.89 bits per heavy atom. The third kappa shape index (κ3) is 2.82. The summed E-state index contributed by atoms with van der Waals surface area (Å²) in [5.74, 6) is 0. The fourth-order valence-electron chi connectivity index (χ4n) is 3.76. The lowest BCUT2D eigenvalue weighted by molar-refractivity contribution is 0.0208. The van der Waals surface area contributed by atoms with Gasteiger partial charge < -0.3 is 5.32 Å². The highest BCUT2D eigenvalue weighted by atomic mass is 15.3. The molecule has 0 amide bonds. The number of hydrogen-bond donors (Lipinski definition) is 1. The molecule has 1 saturated heterocycles. The van der Waals surface area contributed by atoms with Crippen LogP contribution in [0.5, 0.6) is 0 Å². The second-order valence-electron chi connectivity index (χ2n) is 6.25. The molecule has 2 fully saturated rings. The summed E-state index contributed by atoms with van der Waals surface area (Å²) in [6.45, 7) is 6.67. The molecule has 2 aliphatic rings. The van der Waals surface area contributed by atoms with Crippen molar-refractivity contribution in [2.45, 2.75) is 51.1 Å². The zero-order chi connectivity index (χ0) is 13.1. The predicted molar refractivity (Wildman–Crippen MR) is 78.1 cm³/mol. The summed E-state index contributed by atoms with van der Waals surface area (Å²) in [7, 11) is 0. The quantitative estimate of drug-likeness (QED) is 0.884. The first-order chi connectivity index (χ1) is 9.28. The number of piperazine rings is 1. The summed E-state index contributed by atoms with van der Waals surface area (Å²) in [5.41, 5.74) is 3.05. The van der Waals surface area contributed by atoms with Crippen molar-refractivity contribution in [3.8, 4) is 0 Å². The molecule has 1 aliphatic carbocycles. The lowest BCUT2D eigenvalue weighted by atomic mass is 9.79. The van der Waals surface area contributed by atoms with E-state index in [-0.39, 0.29) is 0 Å². The molecule has 1 N–H and O–H groups in total. The van der Waals surface area contributed by atoms with Gasteiger partial charge in [0.15, 0.2) is 0 Å². The smallest absolute Gasteiger partial charge is 0.0338 e. The van der Waals surface area contributed by atoms with Crippen molar-refractivity contribution in [2.24, 2.45) is 0 Å². The number of aromatic nitrogens is 1. The normalized spacial score (nSPS) is 23.6. The van der Waals surface area contributed by atoms with Crippen LogP contribution >= 0.6 is 0 Å². The maximum atomic E-state index is 4.34. The van der Waals surface area contributed by atoms with E-state index in [1.807, 2.05) is 12.4 Å². The van der Waals surface area contributed by atoms with Crippen LogP contribution in [-0.4, -0.2) is 35.1 Å². The Labute approximate surface area is 116 Å². The number of rotatable bonds is 2. The largest absolute Gasteiger partial charge is 0.314 e. The Morgan fingerprint density at radius 2 is 2.11 bits per heavy atom. The average Bonchev–Trinajstić information content (AvgIpc) is 2.43. The molecule has 3 nitrogen and oxygen atoms in total. The molecule has 0 bridgehead atoms. The molecule has 1 aromatic rings. The summed E-state index contributed by atoms with van der Waals surface area (Å²) >= 11 is 0. The van der Waals surface area contributed by atoms with Crippen LogP contribution in [-0.2, 0) is 6.54 Å². The number of aryl methyl sites for hydroxylation is 1. The Morgan fingerprint density at radius 1 is 1.26 bits per heavy atom. The van der Waals surface area contributed by atoms with Crippen LogP contribution in [0.25, 0.3) is 0 Å². The number of hydrogen-bond acceptors (Lipinski definition) is 3. The van der Waals surface area contributed by atoms with Crippen LogP contribution in [0.2, 0.25) is 0 Å². The molecule has 2 heterocycles. The van der Waals surface area contributed by atoms with Gasteiger partial charge in [-0.1, -0.05) is 25.3 Å². The van der Waals surface area contributed by atoms with Gasteiger partial charge in [-0.3, -0.25) is 9.88 Å². The third-order valence-electron chi connectivity index (χ3n) is 4.77. The van der Waals surface area contributed by atoms with Gasteiger partial charge in [0.25, 0.3) is 0 Å². The minimum absolute atomic E-state index is 0.417. The van der Waals surface area contributed by atoms with Crippen LogP contribution < -0.4 is 5.32 Å². The Hall–Kier alpha value is -0.930. The lowest BCUT2D eigenvalue weighted by Gasteiger charge is -2.50. The Bertz CT molecular complexity index is 415. The molecule has 19 heavy (non-hydrogen) atoms. The van der Waals surface area contributed by atoms with E-state index in [4.69, 9.17) is 0 Å². The van der Waals surface area contributed by atoms with E-state index in [0.717, 1.165) is 13.1 Å². The molecule has 0 radical (unpaired) electrons. The van der Waals surface area contributed by atoms with E-state index in [0.29, 0.717) is 5.54 Å². The molecule has 1 saturated carbocycles. The Balaban J connectivity index is 1.77. The van der Waals surface area contributed by atoms with Gasteiger partial charge in [-0.05, 0) is 30.9 Å². The molecule has 1 aromatic heterocycles. The summed E-state index contributed by atoms with van der Waals surface area (Å²) in [4.78, 5) is 7.06. The number of pyridine rings is 1. The lowest BCUT2D eigenvalue weighted by Crippen LogP contribution is -2.61. The second-order valence-corrected chi connectivity index (χ2v) is 6.25. The van der Waals surface area contributed by atoms with Gasteiger partial charge in [0.2, 0.25) is 0 Å². The summed E-state index contributed by atoms with van der Waals surface area (Å²) in [6.07, 6.45) is 10.9. The van der Waals surface area contributed by atoms with Crippen molar-refractivity contribution >= 4 is 0 Å². The van der Waals surface area contributed by atoms with Gasteiger partial charge in [-0.15, -0.1) is 0 Å². The van der Waals surface area contributed by atoms with Crippen LogP contribution in [0.4, 0.5) is 0 Å². The molecule has 3 heteroatoms. The van der Waals surface area contributed by atoms with E-state index in [1.54, 1.807) is 0 Å². The van der Waals surface area contributed by atoms with Crippen molar-refractivity contribution in [3.05, 3.63) is 29.6 Å². The number of nitrogens with one attached hydrogen (secondary N) is 1. The Kier molecular flexibility index (Phi) is 3.85. The minimum atomic E-state index is 0.417. The zero-order valence-electron chi connectivity index (χ0n) is 12.0. The third-order valence-corrected chi connectivity index (χ3v) is 4.77. The topological polar surface area (TPSA) is 28.2 Å². The van der Waals surface area contributed by atoms with Crippen LogP contribution in [0.1, 0.15) is 43.2 Å². The fourth-order valence-corrected chi connectivity index (χ4v) is 3.76. The molecule has 0 unspecified atom stereocenters. The first-order valence-electron chi connectivity index (χ1n) is 7.65. The molecular weight excluding hydrogens is 234 g/mol. The number of nitrogens with zero attached hydrogens (tertiary/aromatic N) is 2. The van der Waals surface area contributed by atoms with E-state index >= 15 is 0 Å². The van der Waals surface area contributed by atoms with Crippen molar-refractivity contribution in [2.75, 3.05) is 19.6 Å². The van der Waals surface area contributed by atoms with Crippen molar-refractivity contribution in [1.29, 1.82) is 0 Å². The molecule has 0 atom stereocenters. The van der Waals surface area contributed by atoms with Gasteiger partial charge >= 0.3 is 0 Å². The molecule has 1 aliphatic heterocycles. The monoisotopic (exact) mass is 259 g/mol. The summed E-state index contributed by atoms with van der Waals surface area (Å²) < 4.78 is 0. The van der Waals surface area contributed by atoms with Gasteiger partial charge in [-0.2, -0.15) is 0 Å². The summed E-state index contributed by atoms with van der Waals surface area (Å²) in [5, 5.41) is 3.62. The molecule has 3 rings (SSSR count). The van der Waals surface area contributed by atoms with E-state index in [1.165, 1.54) is 56.3 Å². The van der Waals surface area contributed by atoms with E-state index < -0.39 is 0 Å². The van der Waals surface area contributed by atoms with Gasteiger partial charge in [0.05, 0.1) is 0 Å². The highest BCUT2D eigenvalue weighted by Gasteiger charge is 2.39. The van der Waals surface area contributed by atoms with Crippen LogP contribution in [0, 0.1) is 6.92 Å².